The summed E-state index contributed by atoms with van der Waals surface area (Å²) >= 11 is 17.5. The van der Waals surface area contributed by atoms with Gasteiger partial charge in [-0.1, -0.05) is 34.8 Å². The van der Waals surface area contributed by atoms with Crippen molar-refractivity contribution in [1.82, 2.24) is 0 Å². The molecule has 2 aromatic carbocycles. The summed E-state index contributed by atoms with van der Waals surface area (Å²) in [6, 6.07) is 5.19. The Morgan fingerprint density at radius 1 is 1.04 bits per heavy atom. The van der Waals surface area contributed by atoms with E-state index in [-0.39, 0.29) is 26.4 Å². The molecular weight excluding hydrogens is 438 g/mol. The van der Waals surface area contributed by atoms with Crippen LogP contribution in [0.15, 0.2) is 35.2 Å². The average Bonchev–Trinajstić information content (AvgIpc) is 2.55. The van der Waals surface area contributed by atoms with Gasteiger partial charge in [-0.3, -0.25) is 4.31 Å². The standard InChI is InChI=1S/C15H11Cl3F3NO3S/c1-22(8-3-4-10(16)9(7-8)15(19,20)21)26(23,24)12-6-5-11(25-2)13(17)14(12)18/h3-7H,1-2H3. The lowest BCUT2D eigenvalue weighted by atomic mass is 10.2. The third-order valence-corrected chi connectivity index (χ3v) is 6.62. The van der Waals surface area contributed by atoms with Crippen LogP contribution in [0, 0.1) is 0 Å². The molecule has 2 aromatic rings. The summed E-state index contributed by atoms with van der Waals surface area (Å²) in [5.41, 5.74) is -1.40. The summed E-state index contributed by atoms with van der Waals surface area (Å²) in [4.78, 5) is -0.379. The zero-order chi connectivity index (χ0) is 19.9. The quantitative estimate of drug-likeness (QED) is 0.620. The predicted molar refractivity (Wildman–Crippen MR) is 95.1 cm³/mol. The van der Waals surface area contributed by atoms with Gasteiger partial charge in [0.2, 0.25) is 0 Å². The van der Waals surface area contributed by atoms with Gasteiger partial charge in [-0.15, -0.1) is 0 Å². The van der Waals surface area contributed by atoms with Crippen molar-refractivity contribution >= 4 is 50.5 Å². The minimum atomic E-state index is -4.74. The molecular formula is C15H11Cl3F3NO3S. The number of hydrogen-bond donors (Lipinski definition) is 0. The van der Waals surface area contributed by atoms with Gasteiger partial charge in [0.25, 0.3) is 10.0 Å². The summed E-state index contributed by atoms with van der Waals surface area (Å²) in [6.45, 7) is 0. The fraction of sp³-hybridized carbons (Fsp3) is 0.200. The van der Waals surface area contributed by atoms with Gasteiger partial charge in [-0.05, 0) is 30.3 Å². The van der Waals surface area contributed by atoms with Gasteiger partial charge >= 0.3 is 6.18 Å². The molecule has 11 heteroatoms. The van der Waals surface area contributed by atoms with Crippen molar-refractivity contribution in [1.29, 1.82) is 0 Å². The second kappa shape index (κ2) is 7.34. The van der Waals surface area contributed by atoms with Crippen LogP contribution in [0.1, 0.15) is 5.56 Å². The number of halogens is 6. The van der Waals surface area contributed by atoms with Crippen molar-refractivity contribution in [2.24, 2.45) is 0 Å². The predicted octanol–water partition coefficient (Wildman–Crippen LogP) is 5.50. The van der Waals surface area contributed by atoms with E-state index in [1.165, 1.54) is 13.2 Å². The minimum Gasteiger partial charge on any atom is -0.495 e. The highest BCUT2D eigenvalue weighted by Gasteiger charge is 2.35. The van der Waals surface area contributed by atoms with E-state index >= 15 is 0 Å². The molecule has 0 amide bonds. The highest BCUT2D eigenvalue weighted by molar-refractivity contribution is 7.93. The molecule has 4 nitrogen and oxygen atoms in total. The highest BCUT2D eigenvalue weighted by Crippen LogP contribution is 2.40. The molecule has 0 fully saturated rings. The first-order valence-electron chi connectivity index (χ1n) is 6.79. The Bertz CT molecular complexity index is 949. The van der Waals surface area contributed by atoms with Gasteiger partial charge in [0.05, 0.1) is 28.4 Å². The molecule has 0 saturated carbocycles. The second-order valence-corrected chi connectivity index (χ2v) is 8.13. The number of methoxy groups -OCH3 is 1. The van der Waals surface area contributed by atoms with Gasteiger partial charge in [0, 0.05) is 7.05 Å². The van der Waals surface area contributed by atoms with Crippen molar-refractivity contribution in [3.8, 4) is 5.75 Å². The summed E-state index contributed by atoms with van der Waals surface area (Å²) in [6.07, 6.45) is -4.74. The Labute approximate surface area is 163 Å². The molecule has 2 rings (SSSR count). The lowest BCUT2D eigenvalue weighted by molar-refractivity contribution is -0.137. The molecule has 26 heavy (non-hydrogen) atoms. The van der Waals surface area contributed by atoms with E-state index in [4.69, 9.17) is 39.5 Å². The summed E-state index contributed by atoms with van der Waals surface area (Å²) < 4.78 is 70.2. The molecule has 0 atom stereocenters. The fourth-order valence-corrected chi connectivity index (χ4v) is 4.31. The molecule has 0 heterocycles. The van der Waals surface area contributed by atoms with Crippen LogP contribution in [0.25, 0.3) is 0 Å². The Balaban J connectivity index is 2.56. The van der Waals surface area contributed by atoms with E-state index in [9.17, 15) is 21.6 Å². The first kappa shape index (κ1) is 21.0. The van der Waals surface area contributed by atoms with E-state index in [2.05, 4.69) is 0 Å². The van der Waals surface area contributed by atoms with Gasteiger partial charge in [-0.25, -0.2) is 8.42 Å². The molecule has 0 saturated heterocycles. The van der Waals surface area contributed by atoms with Crippen LogP contribution in [0.3, 0.4) is 0 Å². The summed E-state index contributed by atoms with van der Waals surface area (Å²) in [7, 11) is -1.88. The Morgan fingerprint density at radius 2 is 1.65 bits per heavy atom. The van der Waals surface area contributed by atoms with Gasteiger partial charge in [0.1, 0.15) is 15.7 Å². The van der Waals surface area contributed by atoms with Crippen molar-refractivity contribution in [2.45, 2.75) is 11.1 Å². The Morgan fingerprint density at radius 3 is 2.19 bits per heavy atom. The maximum Gasteiger partial charge on any atom is 0.417 e. The topological polar surface area (TPSA) is 46.6 Å². The van der Waals surface area contributed by atoms with E-state index in [0.29, 0.717) is 10.4 Å². The number of anilines is 1. The molecule has 142 valence electrons. The fourth-order valence-electron chi connectivity index (χ4n) is 2.08. The maximum absolute atomic E-state index is 13.0. The van der Waals surface area contributed by atoms with E-state index in [1.807, 2.05) is 0 Å². The number of sulfonamides is 1. The maximum atomic E-state index is 13.0. The summed E-state index contributed by atoms with van der Waals surface area (Å²) in [5, 5.41) is -0.976. The number of rotatable bonds is 4. The number of benzene rings is 2. The Hall–Kier alpha value is -1.35. The molecule has 0 spiro atoms. The molecule has 0 aliphatic carbocycles. The lowest BCUT2D eigenvalue weighted by Gasteiger charge is -2.22. The summed E-state index contributed by atoms with van der Waals surface area (Å²) in [5.74, 6) is 0.157. The van der Waals surface area contributed by atoms with Gasteiger partial charge < -0.3 is 4.74 Å². The molecule has 0 radical (unpaired) electrons. The second-order valence-electron chi connectivity index (χ2n) is 5.03. The van der Waals surface area contributed by atoms with Crippen LogP contribution in [0.2, 0.25) is 15.1 Å². The van der Waals surface area contributed by atoms with Crippen LogP contribution in [-0.4, -0.2) is 22.6 Å². The minimum absolute atomic E-state index is 0.129. The third kappa shape index (κ3) is 3.83. The zero-order valence-electron chi connectivity index (χ0n) is 13.2. The normalized spacial score (nSPS) is 12.2. The molecule has 0 aliphatic heterocycles. The number of alkyl halides is 3. The van der Waals surface area contributed by atoms with Crippen LogP contribution < -0.4 is 9.04 Å². The van der Waals surface area contributed by atoms with Crippen LogP contribution in [0.4, 0.5) is 18.9 Å². The third-order valence-electron chi connectivity index (χ3n) is 3.49. The van der Waals surface area contributed by atoms with E-state index in [1.54, 1.807) is 0 Å². The molecule has 0 N–H and O–H groups in total. The van der Waals surface area contributed by atoms with Crippen LogP contribution in [-0.2, 0) is 16.2 Å². The SMILES string of the molecule is COc1ccc(S(=O)(=O)N(C)c2ccc(Cl)c(C(F)(F)F)c2)c(Cl)c1Cl. The molecule has 0 bridgehead atoms. The largest absolute Gasteiger partial charge is 0.495 e. The van der Waals surface area contributed by atoms with Crippen LogP contribution in [0.5, 0.6) is 5.75 Å². The van der Waals surface area contributed by atoms with Gasteiger partial charge in [0.15, 0.2) is 0 Å². The van der Waals surface area contributed by atoms with Gasteiger partial charge in [-0.2, -0.15) is 13.2 Å². The lowest BCUT2D eigenvalue weighted by Crippen LogP contribution is -2.27. The highest BCUT2D eigenvalue weighted by atomic mass is 35.5. The first-order valence-corrected chi connectivity index (χ1v) is 9.36. The van der Waals surface area contributed by atoms with Crippen molar-refractivity contribution < 1.29 is 26.3 Å². The zero-order valence-corrected chi connectivity index (χ0v) is 16.3. The van der Waals surface area contributed by atoms with Crippen molar-refractivity contribution in [2.75, 3.05) is 18.5 Å². The van der Waals surface area contributed by atoms with E-state index < -0.39 is 26.8 Å². The Kier molecular flexibility index (Phi) is 5.92. The molecule has 0 aliphatic rings. The van der Waals surface area contributed by atoms with E-state index in [0.717, 1.165) is 25.2 Å². The average molecular weight is 449 g/mol. The smallest absolute Gasteiger partial charge is 0.417 e. The number of nitrogens with zero attached hydrogens (tertiary/aromatic N) is 1. The monoisotopic (exact) mass is 447 g/mol. The van der Waals surface area contributed by atoms with Crippen molar-refractivity contribution in [3.63, 3.8) is 0 Å². The molecule has 0 unspecified atom stereocenters. The molecule has 0 aromatic heterocycles. The van der Waals surface area contributed by atoms with Crippen molar-refractivity contribution in [3.05, 3.63) is 51.0 Å². The van der Waals surface area contributed by atoms with Crippen LogP contribution >= 0.6 is 34.8 Å². The first-order chi connectivity index (χ1) is 11.9. The number of ether oxygens (including phenoxy) is 1. The number of hydrogen-bond acceptors (Lipinski definition) is 3.